The third-order valence-electron chi connectivity index (χ3n) is 7.14. The highest BCUT2D eigenvalue weighted by molar-refractivity contribution is 6.09. The Hall–Kier alpha value is -1.59. The molecule has 6 heteroatoms. The van der Waals surface area contributed by atoms with E-state index in [2.05, 4.69) is 5.32 Å². The first-order valence-electron chi connectivity index (χ1n) is 10.5. The van der Waals surface area contributed by atoms with E-state index in [1.807, 2.05) is 4.90 Å². The maximum absolute atomic E-state index is 13.0. The standard InChI is InChI=1S/C20H31N3O3/c24-17(22-12-9-15-7-3-4-8-16(15)13-22)14-23-18(25)20(21-19(23)26)10-5-1-2-6-11-20/h15-16H,1-14H2,(H,21,26)/t15-,16-/m1/s1. The van der Waals surface area contributed by atoms with Gasteiger partial charge in [0, 0.05) is 13.1 Å². The summed E-state index contributed by atoms with van der Waals surface area (Å²) >= 11 is 0. The lowest BCUT2D eigenvalue weighted by Gasteiger charge is -2.41. The quantitative estimate of drug-likeness (QED) is 0.769. The molecule has 4 fully saturated rings. The molecule has 4 aliphatic rings. The van der Waals surface area contributed by atoms with Crippen LogP contribution in [0, 0.1) is 11.8 Å². The maximum atomic E-state index is 13.0. The molecule has 1 spiro atoms. The Morgan fingerprint density at radius 3 is 2.38 bits per heavy atom. The number of hydrogen-bond acceptors (Lipinski definition) is 3. The number of piperidine rings is 1. The zero-order valence-electron chi connectivity index (χ0n) is 15.7. The Balaban J connectivity index is 1.39. The molecule has 0 aromatic rings. The van der Waals surface area contributed by atoms with Crippen LogP contribution in [0.4, 0.5) is 4.79 Å². The van der Waals surface area contributed by atoms with Gasteiger partial charge < -0.3 is 10.2 Å². The highest BCUT2D eigenvalue weighted by atomic mass is 16.2. The molecule has 4 amide bonds. The van der Waals surface area contributed by atoms with E-state index in [1.54, 1.807) is 0 Å². The summed E-state index contributed by atoms with van der Waals surface area (Å²) in [6, 6.07) is -0.377. The van der Waals surface area contributed by atoms with Crippen LogP contribution in [0.3, 0.4) is 0 Å². The molecule has 0 bridgehead atoms. The number of amides is 4. The van der Waals surface area contributed by atoms with Crippen LogP contribution in [0.5, 0.6) is 0 Å². The summed E-state index contributed by atoms with van der Waals surface area (Å²) in [7, 11) is 0. The lowest BCUT2D eigenvalue weighted by Crippen LogP contribution is -2.50. The van der Waals surface area contributed by atoms with Crippen molar-refractivity contribution < 1.29 is 14.4 Å². The van der Waals surface area contributed by atoms with Crippen LogP contribution in [0.1, 0.15) is 70.6 Å². The molecule has 4 rings (SSSR count). The molecular formula is C20H31N3O3. The Morgan fingerprint density at radius 2 is 1.65 bits per heavy atom. The van der Waals surface area contributed by atoms with Crippen molar-refractivity contribution in [3.05, 3.63) is 0 Å². The number of nitrogens with one attached hydrogen (secondary N) is 1. The molecule has 0 unspecified atom stereocenters. The van der Waals surface area contributed by atoms with Gasteiger partial charge in [0.1, 0.15) is 12.1 Å². The van der Waals surface area contributed by atoms with Gasteiger partial charge in [-0.15, -0.1) is 0 Å². The highest BCUT2D eigenvalue weighted by Gasteiger charge is 2.51. The number of imide groups is 1. The minimum Gasteiger partial charge on any atom is -0.341 e. The summed E-state index contributed by atoms with van der Waals surface area (Å²) in [5.41, 5.74) is -0.746. The van der Waals surface area contributed by atoms with Crippen LogP contribution in [-0.2, 0) is 9.59 Å². The first-order valence-corrected chi connectivity index (χ1v) is 10.5. The fourth-order valence-electron chi connectivity index (χ4n) is 5.55. The highest BCUT2D eigenvalue weighted by Crippen LogP contribution is 2.36. The molecule has 0 radical (unpaired) electrons. The second-order valence-corrected chi connectivity index (χ2v) is 8.75. The Labute approximate surface area is 155 Å². The van der Waals surface area contributed by atoms with E-state index < -0.39 is 5.54 Å². The van der Waals surface area contributed by atoms with Crippen molar-refractivity contribution in [3.8, 4) is 0 Å². The topological polar surface area (TPSA) is 69.7 Å². The van der Waals surface area contributed by atoms with Crippen molar-refractivity contribution in [2.24, 2.45) is 11.8 Å². The number of nitrogens with zero attached hydrogens (tertiary/aromatic N) is 2. The van der Waals surface area contributed by atoms with Crippen molar-refractivity contribution in [2.75, 3.05) is 19.6 Å². The normalized spacial score (nSPS) is 31.5. The van der Waals surface area contributed by atoms with Crippen LogP contribution < -0.4 is 5.32 Å². The Bertz CT molecular complexity index is 583. The maximum Gasteiger partial charge on any atom is 0.325 e. The van der Waals surface area contributed by atoms with Crippen LogP contribution in [-0.4, -0.2) is 52.8 Å². The molecule has 2 aliphatic carbocycles. The third-order valence-corrected chi connectivity index (χ3v) is 7.14. The van der Waals surface area contributed by atoms with Gasteiger partial charge >= 0.3 is 6.03 Å². The minimum absolute atomic E-state index is 0.0665. The molecule has 2 saturated carbocycles. The fraction of sp³-hybridized carbons (Fsp3) is 0.850. The van der Waals surface area contributed by atoms with Gasteiger partial charge in [-0.1, -0.05) is 44.9 Å². The van der Waals surface area contributed by atoms with E-state index in [1.165, 1.54) is 30.6 Å². The van der Waals surface area contributed by atoms with E-state index in [0.717, 1.165) is 51.1 Å². The summed E-state index contributed by atoms with van der Waals surface area (Å²) in [6.45, 7) is 1.48. The first-order chi connectivity index (χ1) is 12.6. The SMILES string of the molecule is O=C(CN1C(=O)NC2(CCCCCC2)C1=O)N1CC[C@H]2CCCC[C@@H]2C1. The summed E-state index contributed by atoms with van der Waals surface area (Å²) in [4.78, 5) is 41.3. The molecule has 1 N–H and O–H groups in total. The molecule has 2 heterocycles. The predicted octanol–water partition coefficient (Wildman–Crippen LogP) is 2.67. The number of carbonyl (C=O) groups excluding carboxylic acids is 3. The third kappa shape index (κ3) is 3.23. The van der Waals surface area contributed by atoms with Gasteiger partial charge in [0.2, 0.25) is 5.91 Å². The Morgan fingerprint density at radius 1 is 0.962 bits per heavy atom. The average Bonchev–Trinajstić information content (AvgIpc) is 2.83. The van der Waals surface area contributed by atoms with Crippen molar-refractivity contribution in [1.29, 1.82) is 0 Å². The van der Waals surface area contributed by atoms with E-state index in [0.29, 0.717) is 18.8 Å². The van der Waals surface area contributed by atoms with Crippen LogP contribution in [0.15, 0.2) is 0 Å². The minimum atomic E-state index is -0.746. The molecule has 144 valence electrons. The van der Waals surface area contributed by atoms with Gasteiger partial charge in [-0.05, 0) is 37.5 Å². The molecule has 2 saturated heterocycles. The molecule has 0 aromatic heterocycles. The zero-order chi connectivity index (χ0) is 18.1. The Kier molecular flexibility index (Phi) is 4.93. The fourth-order valence-corrected chi connectivity index (χ4v) is 5.55. The molecule has 0 aromatic carbocycles. The summed E-state index contributed by atoms with van der Waals surface area (Å²) < 4.78 is 0. The molecular weight excluding hydrogens is 330 g/mol. The van der Waals surface area contributed by atoms with Crippen molar-refractivity contribution in [2.45, 2.75) is 76.2 Å². The van der Waals surface area contributed by atoms with E-state index in [4.69, 9.17) is 0 Å². The van der Waals surface area contributed by atoms with E-state index >= 15 is 0 Å². The first kappa shape index (κ1) is 17.8. The van der Waals surface area contributed by atoms with E-state index in [-0.39, 0.29) is 24.4 Å². The summed E-state index contributed by atoms with van der Waals surface area (Å²) in [5, 5.41) is 2.93. The van der Waals surface area contributed by atoms with Gasteiger partial charge in [0.25, 0.3) is 5.91 Å². The van der Waals surface area contributed by atoms with Gasteiger partial charge in [-0.2, -0.15) is 0 Å². The number of hydrogen-bond donors (Lipinski definition) is 1. The van der Waals surface area contributed by atoms with Crippen molar-refractivity contribution in [3.63, 3.8) is 0 Å². The summed E-state index contributed by atoms with van der Waals surface area (Å²) in [5.74, 6) is 1.13. The van der Waals surface area contributed by atoms with Gasteiger partial charge in [0.15, 0.2) is 0 Å². The number of carbonyl (C=O) groups is 3. The number of fused-ring (bicyclic) bond motifs is 1. The molecule has 6 nitrogen and oxygen atoms in total. The van der Waals surface area contributed by atoms with Gasteiger partial charge in [-0.3, -0.25) is 14.5 Å². The molecule has 2 atom stereocenters. The lowest BCUT2D eigenvalue weighted by atomic mass is 9.75. The number of rotatable bonds is 2. The number of urea groups is 1. The summed E-state index contributed by atoms with van der Waals surface area (Å²) in [6.07, 6.45) is 11.7. The largest absolute Gasteiger partial charge is 0.341 e. The van der Waals surface area contributed by atoms with Crippen molar-refractivity contribution >= 4 is 17.8 Å². The zero-order valence-corrected chi connectivity index (χ0v) is 15.7. The molecule has 26 heavy (non-hydrogen) atoms. The smallest absolute Gasteiger partial charge is 0.325 e. The predicted molar refractivity (Wildman–Crippen MR) is 97.3 cm³/mol. The second kappa shape index (κ2) is 7.20. The van der Waals surface area contributed by atoms with Crippen molar-refractivity contribution in [1.82, 2.24) is 15.1 Å². The molecule has 2 aliphatic heterocycles. The van der Waals surface area contributed by atoms with E-state index in [9.17, 15) is 14.4 Å². The number of likely N-dealkylation sites (tertiary alicyclic amines) is 1. The van der Waals surface area contributed by atoms with Crippen LogP contribution in [0.25, 0.3) is 0 Å². The lowest BCUT2D eigenvalue weighted by molar-refractivity contribution is -0.141. The van der Waals surface area contributed by atoms with Gasteiger partial charge in [-0.25, -0.2) is 4.79 Å². The van der Waals surface area contributed by atoms with Crippen LogP contribution in [0.2, 0.25) is 0 Å². The van der Waals surface area contributed by atoms with Gasteiger partial charge in [0.05, 0.1) is 0 Å². The van der Waals surface area contributed by atoms with Crippen LogP contribution >= 0.6 is 0 Å². The monoisotopic (exact) mass is 361 g/mol. The average molecular weight is 361 g/mol. The second-order valence-electron chi connectivity index (χ2n) is 8.75.